The van der Waals surface area contributed by atoms with Gasteiger partial charge in [0, 0.05) is 12.7 Å². The summed E-state index contributed by atoms with van der Waals surface area (Å²) in [4.78, 5) is 0. The van der Waals surface area contributed by atoms with Gasteiger partial charge in [0.15, 0.2) is 0 Å². The van der Waals surface area contributed by atoms with Gasteiger partial charge >= 0.3 is 0 Å². The molecule has 0 aromatic carbocycles. The molecule has 0 fully saturated rings. The quantitative estimate of drug-likeness (QED) is 0.611. The van der Waals surface area contributed by atoms with Crippen molar-refractivity contribution in [3.63, 3.8) is 0 Å². The molecule has 1 aromatic rings. The third-order valence-corrected chi connectivity index (χ3v) is 4.53. The Morgan fingerprint density at radius 1 is 1.00 bits per heavy atom. The Morgan fingerprint density at radius 3 is 2.19 bits per heavy atom. The first-order valence-electron chi connectivity index (χ1n) is 8.73. The summed E-state index contributed by atoms with van der Waals surface area (Å²) in [5.41, 5.74) is 3.66. The lowest BCUT2D eigenvalue weighted by atomic mass is 10.0. The highest BCUT2D eigenvalue weighted by Crippen LogP contribution is 2.17. The molecule has 1 aromatic heterocycles. The predicted molar refractivity (Wildman–Crippen MR) is 89.6 cm³/mol. The van der Waals surface area contributed by atoms with E-state index in [0.29, 0.717) is 0 Å². The average Bonchev–Trinajstić information content (AvgIpc) is 2.69. The van der Waals surface area contributed by atoms with Gasteiger partial charge < -0.3 is 5.11 Å². The number of aliphatic hydroxyl groups excluding tert-OH is 1. The van der Waals surface area contributed by atoms with Crippen LogP contribution in [-0.4, -0.2) is 21.0 Å². The minimum atomic E-state index is -0.153. The summed E-state index contributed by atoms with van der Waals surface area (Å²) in [6, 6.07) is 0. The second-order valence-corrected chi connectivity index (χ2v) is 6.38. The van der Waals surface area contributed by atoms with E-state index in [-0.39, 0.29) is 6.10 Å². The van der Waals surface area contributed by atoms with Crippen LogP contribution in [0.25, 0.3) is 0 Å². The molecule has 0 aliphatic rings. The molecule has 1 heterocycles. The molecule has 0 amide bonds. The Hall–Kier alpha value is -0.830. The topological polar surface area (TPSA) is 38.1 Å². The highest BCUT2D eigenvalue weighted by Gasteiger charge is 2.11. The Labute approximate surface area is 130 Å². The molecule has 0 aliphatic carbocycles. The largest absolute Gasteiger partial charge is 0.393 e. The Balaban J connectivity index is 2.12. The number of aliphatic hydroxyl groups is 1. The Kier molecular flexibility index (Phi) is 8.67. The van der Waals surface area contributed by atoms with Gasteiger partial charge in [-0.1, -0.05) is 51.9 Å². The number of hydrogen-bond acceptors (Lipinski definition) is 2. The number of rotatable bonds is 11. The van der Waals surface area contributed by atoms with Crippen LogP contribution in [0.1, 0.15) is 81.7 Å². The summed E-state index contributed by atoms with van der Waals surface area (Å²) >= 11 is 0. The number of hydrogen-bond donors (Lipinski definition) is 1. The van der Waals surface area contributed by atoms with Crippen molar-refractivity contribution in [1.29, 1.82) is 0 Å². The molecule has 1 atom stereocenters. The molecule has 0 aliphatic heterocycles. The zero-order valence-corrected chi connectivity index (χ0v) is 14.5. The van der Waals surface area contributed by atoms with Crippen LogP contribution in [-0.2, 0) is 13.5 Å². The summed E-state index contributed by atoms with van der Waals surface area (Å²) in [6.07, 6.45) is 11.8. The van der Waals surface area contributed by atoms with Gasteiger partial charge in [-0.05, 0) is 38.7 Å². The van der Waals surface area contributed by atoms with Crippen molar-refractivity contribution in [3.8, 4) is 0 Å². The fourth-order valence-electron chi connectivity index (χ4n) is 2.97. The van der Waals surface area contributed by atoms with Crippen LogP contribution in [0.2, 0.25) is 0 Å². The van der Waals surface area contributed by atoms with E-state index in [9.17, 15) is 5.11 Å². The van der Waals surface area contributed by atoms with E-state index in [1.54, 1.807) is 0 Å². The van der Waals surface area contributed by atoms with E-state index in [2.05, 4.69) is 25.9 Å². The van der Waals surface area contributed by atoms with Gasteiger partial charge in [-0.3, -0.25) is 4.68 Å². The van der Waals surface area contributed by atoms with Crippen LogP contribution in [0.4, 0.5) is 0 Å². The molecule has 21 heavy (non-hydrogen) atoms. The zero-order chi connectivity index (χ0) is 15.7. The first-order chi connectivity index (χ1) is 10.1. The van der Waals surface area contributed by atoms with Gasteiger partial charge in [0.1, 0.15) is 0 Å². The third kappa shape index (κ3) is 6.64. The van der Waals surface area contributed by atoms with Crippen LogP contribution < -0.4 is 0 Å². The van der Waals surface area contributed by atoms with Crippen LogP contribution in [0, 0.1) is 13.8 Å². The lowest BCUT2D eigenvalue weighted by Crippen LogP contribution is -2.08. The number of unbranched alkanes of at least 4 members (excludes halogenated alkanes) is 6. The maximum absolute atomic E-state index is 10.1. The second-order valence-electron chi connectivity index (χ2n) is 6.38. The van der Waals surface area contributed by atoms with Crippen LogP contribution in [0.5, 0.6) is 0 Å². The lowest BCUT2D eigenvalue weighted by molar-refractivity contribution is 0.151. The molecule has 1 rings (SSSR count). The summed E-state index contributed by atoms with van der Waals surface area (Å²) in [6.45, 7) is 6.42. The molecule has 0 spiro atoms. The summed E-state index contributed by atoms with van der Waals surface area (Å²) in [7, 11) is 1.99. The van der Waals surface area contributed by atoms with E-state index >= 15 is 0 Å². The minimum Gasteiger partial charge on any atom is -0.393 e. The monoisotopic (exact) mass is 294 g/mol. The van der Waals surface area contributed by atoms with Crippen molar-refractivity contribution in [3.05, 3.63) is 17.0 Å². The molecular formula is C18H34N2O. The van der Waals surface area contributed by atoms with Crippen molar-refractivity contribution in [1.82, 2.24) is 9.78 Å². The average molecular weight is 294 g/mol. The van der Waals surface area contributed by atoms with Gasteiger partial charge in [0.2, 0.25) is 0 Å². The van der Waals surface area contributed by atoms with Gasteiger partial charge in [-0.15, -0.1) is 0 Å². The maximum atomic E-state index is 10.1. The maximum Gasteiger partial charge on any atom is 0.0628 e. The summed E-state index contributed by atoms with van der Waals surface area (Å²) in [5, 5.41) is 14.5. The molecular weight excluding hydrogens is 260 g/mol. The number of aryl methyl sites for hydroxylation is 2. The second kappa shape index (κ2) is 9.99. The van der Waals surface area contributed by atoms with E-state index < -0.39 is 0 Å². The third-order valence-electron chi connectivity index (χ3n) is 4.53. The molecule has 0 bridgehead atoms. The van der Waals surface area contributed by atoms with Crippen molar-refractivity contribution < 1.29 is 5.11 Å². The standard InChI is InChI=1S/C18H34N2O/c1-5-6-7-8-9-10-11-12-17(21)13-14-18-15(2)19-20(4)16(18)3/h17,21H,5-14H2,1-4H3. The molecule has 0 saturated carbocycles. The first-order valence-corrected chi connectivity index (χ1v) is 8.73. The highest BCUT2D eigenvalue weighted by atomic mass is 16.3. The molecule has 3 heteroatoms. The lowest BCUT2D eigenvalue weighted by Gasteiger charge is -2.10. The van der Waals surface area contributed by atoms with E-state index in [4.69, 9.17) is 0 Å². The van der Waals surface area contributed by atoms with Crippen LogP contribution >= 0.6 is 0 Å². The van der Waals surface area contributed by atoms with Gasteiger partial charge in [-0.25, -0.2) is 0 Å². The molecule has 0 radical (unpaired) electrons. The molecule has 3 nitrogen and oxygen atoms in total. The summed E-state index contributed by atoms with van der Waals surface area (Å²) in [5.74, 6) is 0. The Bertz CT molecular complexity index is 398. The number of aromatic nitrogens is 2. The van der Waals surface area contributed by atoms with Crippen molar-refractivity contribution >= 4 is 0 Å². The first kappa shape index (κ1) is 18.2. The van der Waals surface area contributed by atoms with E-state index in [1.807, 2.05) is 11.7 Å². The van der Waals surface area contributed by atoms with Crippen molar-refractivity contribution in [2.24, 2.45) is 7.05 Å². The zero-order valence-electron chi connectivity index (χ0n) is 14.5. The molecule has 122 valence electrons. The number of nitrogens with zero attached hydrogens (tertiary/aromatic N) is 2. The van der Waals surface area contributed by atoms with Crippen LogP contribution in [0.15, 0.2) is 0 Å². The van der Waals surface area contributed by atoms with Crippen molar-refractivity contribution in [2.45, 2.75) is 91.1 Å². The highest BCUT2D eigenvalue weighted by molar-refractivity contribution is 5.24. The van der Waals surface area contributed by atoms with Crippen LogP contribution in [0.3, 0.4) is 0 Å². The van der Waals surface area contributed by atoms with E-state index in [1.165, 1.54) is 49.8 Å². The molecule has 1 N–H and O–H groups in total. The SMILES string of the molecule is CCCCCCCCCC(O)CCc1c(C)nn(C)c1C. The van der Waals surface area contributed by atoms with E-state index in [0.717, 1.165) is 31.4 Å². The molecule has 0 saturated heterocycles. The fourth-order valence-corrected chi connectivity index (χ4v) is 2.97. The fraction of sp³-hybridized carbons (Fsp3) is 0.833. The minimum absolute atomic E-state index is 0.153. The van der Waals surface area contributed by atoms with Gasteiger partial charge in [-0.2, -0.15) is 5.10 Å². The van der Waals surface area contributed by atoms with Gasteiger partial charge in [0.25, 0.3) is 0 Å². The van der Waals surface area contributed by atoms with Crippen molar-refractivity contribution in [2.75, 3.05) is 0 Å². The molecule has 1 unspecified atom stereocenters. The smallest absolute Gasteiger partial charge is 0.0628 e. The summed E-state index contributed by atoms with van der Waals surface area (Å²) < 4.78 is 1.94. The Morgan fingerprint density at radius 2 is 1.62 bits per heavy atom. The van der Waals surface area contributed by atoms with Gasteiger partial charge in [0.05, 0.1) is 11.8 Å². The predicted octanol–water partition coefficient (Wildman–Crippen LogP) is 4.47. The normalized spacial score (nSPS) is 12.8.